The van der Waals surface area contributed by atoms with E-state index in [1.54, 1.807) is 56.7 Å². The first-order valence-electron chi connectivity index (χ1n) is 17.3. The third kappa shape index (κ3) is 10.4. The Balaban J connectivity index is 0.000000236. The highest BCUT2D eigenvalue weighted by Crippen LogP contribution is 2.42. The van der Waals surface area contributed by atoms with Gasteiger partial charge in [0, 0.05) is 38.4 Å². The van der Waals surface area contributed by atoms with Crippen LogP contribution < -0.4 is 20.9 Å². The minimum atomic E-state index is -2.94. The maximum Gasteiger partial charge on any atom is 0.387 e. The van der Waals surface area contributed by atoms with Gasteiger partial charge in [0.25, 0.3) is 11.8 Å². The smallest absolute Gasteiger partial charge is 0.387 e. The lowest BCUT2D eigenvalue weighted by Crippen LogP contribution is -2.41. The van der Waals surface area contributed by atoms with Crippen LogP contribution in [0, 0.1) is 24.2 Å². The van der Waals surface area contributed by atoms with Crippen molar-refractivity contribution >= 4 is 39.7 Å². The molecule has 4 aromatic rings. The molecule has 308 valence electrons. The Labute approximate surface area is 346 Å². The fourth-order valence-corrected chi connectivity index (χ4v) is 6.35. The number of carbonyl (C=O) groups excluding carboxylic acids is 2. The van der Waals surface area contributed by atoms with Gasteiger partial charge in [-0.3, -0.25) is 19.4 Å². The number of halogens is 5. The number of hydrogen-bond donors (Lipinski definition) is 2. The molecule has 2 aliphatic rings. The molecule has 2 aliphatic heterocycles. The molecule has 2 unspecified atom stereocenters. The van der Waals surface area contributed by atoms with Crippen LogP contribution in [0.25, 0.3) is 0 Å². The number of alkyl halides is 4. The number of aliphatic imine (C=N–C) groups is 2. The maximum atomic E-state index is 13.2. The fourth-order valence-electron chi connectivity index (χ4n) is 5.95. The van der Waals surface area contributed by atoms with Crippen LogP contribution in [0.2, 0.25) is 0 Å². The lowest BCUT2D eigenvalue weighted by Gasteiger charge is -2.26. The van der Waals surface area contributed by atoms with Crippen LogP contribution in [0.5, 0.6) is 11.5 Å². The number of benzene rings is 4. The third-order valence-corrected chi connectivity index (χ3v) is 9.17. The van der Waals surface area contributed by atoms with E-state index < -0.39 is 24.3 Å². The molecule has 0 bridgehead atoms. The van der Waals surface area contributed by atoms with Crippen molar-refractivity contribution in [1.82, 2.24) is 9.80 Å². The molecular weight excluding hydrogens is 840 g/mol. The monoisotopic (exact) mass is 878 g/mol. The van der Waals surface area contributed by atoms with E-state index in [1.807, 2.05) is 6.07 Å². The minimum Gasteiger partial charge on any atom is -0.435 e. The molecule has 0 spiro atoms. The first-order chi connectivity index (χ1) is 28.1. The zero-order valence-electron chi connectivity index (χ0n) is 32.2. The molecule has 2 atom stereocenters. The Morgan fingerprint density at radius 2 is 1.14 bits per heavy atom. The molecule has 0 saturated heterocycles. The molecule has 4 N–H and O–H groups in total. The van der Waals surface area contributed by atoms with Gasteiger partial charge in [0.1, 0.15) is 24.7 Å². The predicted octanol–water partition coefficient (Wildman–Crippen LogP) is 5.66. The van der Waals surface area contributed by atoms with Crippen molar-refractivity contribution in [3.8, 4) is 35.7 Å². The van der Waals surface area contributed by atoms with Crippen molar-refractivity contribution in [2.24, 2.45) is 21.5 Å². The molecular formula is C42H39BrF4N6O6. The Bertz CT molecular complexity index is 2280. The van der Waals surface area contributed by atoms with Crippen LogP contribution >= 0.6 is 15.9 Å². The SMILES string of the molecule is C#CCOC.CN1C(=O)C(c2ccc(OC(F)F)cc2)(c2cccc(Br)c2)N=C1N.COCC#Cc1cccc(C2(c3ccc(OC(F)F)cc3)N=C(N)N(C)C2=O)c1. The van der Waals surface area contributed by atoms with E-state index in [4.69, 9.17) is 22.6 Å². The molecule has 0 radical (unpaired) electrons. The summed E-state index contributed by atoms with van der Waals surface area (Å²) in [6.45, 7) is -5.17. The van der Waals surface area contributed by atoms with E-state index in [0.29, 0.717) is 34.4 Å². The highest BCUT2D eigenvalue weighted by atomic mass is 79.9. The summed E-state index contributed by atoms with van der Waals surface area (Å²) in [4.78, 5) is 37.6. The highest BCUT2D eigenvalue weighted by Gasteiger charge is 2.50. The number of guanidine groups is 2. The van der Waals surface area contributed by atoms with Gasteiger partial charge in [-0.05, 0) is 70.8 Å². The predicted molar refractivity (Wildman–Crippen MR) is 217 cm³/mol. The van der Waals surface area contributed by atoms with Gasteiger partial charge in [0.15, 0.2) is 23.0 Å². The molecule has 6 rings (SSSR count). The lowest BCUT2D eigenvalue weighted by atomic mass is 9.82. The second-order valence-corrected chi connectivity index (χ2v) is 13.3. The number of hydrogen-bond acceptors (Lipinski definition) is 10. The zero-order chi connectivity index (χ0) is 43.3. The second-order valence-electron chi connectivity index (χ2n) is 12.4. The highest BCUT2D eigenvalue weighted by molar-refractivity contribution is 9.10. The average molecular weight is 880 g/mol. The maximum absolute atomic E-state index is 13.2. The quantitative estimate of drug-likeness (QED) is 0.153. The summed E-state index contributed by atoms with van der Waals surface area (Å²) in [5.41, 5.74) is 11.8. The minimum absolute atomic E-state index is 0.00102. The van der Waals surface area contributed by atoms with Crippen LogP contribution in [0.1, 0.15) is 27.8 Å². The summed E-state index contributed by atoms with van der Waals surface area (Å²) < 4.78 is 68.5. The third-order valence-electron chi connectivity index (χ3n) is 8.67. The van der Waals surface area contributed by atoms with Crippen LogP contribution in [0.4, 0.5) is 17.6 Å². The van der Waals surface area contributed by atoms with Gasteiger partial charge in [-0.2, -0.15) is 17.6 Å². The molecule has 12 nitrogen and oxygen atoms in total. The van der Waals surface area contributed by atoms with Crippen molar-refractivity contribution in [2.45, 2.75) is 24.3 Å². The Kier molecular flexibility index (Phi) is 15.6. The normalized spacial score (nSPS) is 18.1. The van der Waals surface area contributed by atoms with Crippen molar-refractivity contribution in [1.29, 1.82) is 0 Å². The molecule has 0 aliphatic carbocycles. The van der Waals surface area contributed by atoms with Gasteiger partial charge < -0.3 is 30.4 Å². The first kappa shape index (κ1) is 45.3. The molecule has 17 heteroatoms. The van der Waals surface area contributed by atoms with E-state index in [9.17, 15) is 27.2 Å². The summed E-state index contributed by atoms with van der Waals surface area (Å²) in [6, 6.07) is 25.8. The molecule has 2 amide bonds. The number of carbonyl (C=O) groups is 2. The topological polar surface area (TPSA) is 154 Å². The number of nitrogens with two attached hydrogens (primary N) is 2. The van der Waals surface area contributed by atoms with Gasteiger partial charge in [-0.1, -0.05) is 82.2 Å². The fraction of sp³-hybridized carbons (Fsp3) is 0.238. The number of ether oxygens (including phenoxy) is 4. The molecule has 0 saturated carbocycles. The molecule has 2 heterocycles. The number of terminal acetylenes is 1. The van der Waals surface area contributed by atoms with E-state index in [0.717, 1.165) is 4.47 Å². The van der Waals surface area contributed by atoms with Gasteiger partial charge in [0.2, 0.25) is 0 Å². The first-order valence-corrected chi connectivity index (χ1v) is 18.1. The molecule has 0 aromatic heterocycles. The Morgan fingerprint density at radius 1 is 0.695 bits per heavy atom. The van der Waals surface area contributed by atoms with Crippen LogP contribution in [-0.4, -0.2) is 88.3 Å². The van der Waals surface area contributed by atoms with E-state index in [-0.39, 0.29) is 41.8 Å². The second kappa shape index (κ2) is 20.3. The largest absolute Gasteiger partial charge is 0.435 e. The number of likely N-dealkylation sites (N-methyl/N-ethyl adjacent to an activating group) is 2. The zero-order valence-corrected chi connectivity index (χ0v) is 33.8. The summed E-state index contributed by atoms with van der Waals surface area (Å²) in [5.74, 6) is 7.54. The van der Waals surface area contributed by atoms with E-state index in [1.165, 1.54) is 72.4 Å². The van der Waals surface area contributed by atoms with Crippen LogP contribution in [0.3, 0.4) is 0 Å². The lowest BCUT2D eigenvalue weighted by molar-refractivity contribution is -0.130. The summed E-state index contributed by atoms with van der Waals surface area (Å²) >= 11 is 3.39. The van der Waals surface area contributed by atoms with Crippen LogP contribution in [0.15, 0.2) is 112 Å². The van der Waals surface area contributed by atoms with Crippen molar-refractivity contribution in [3.63, 3.8) is 0 Å². The summed E-state index contributed by atoms with van der Waals surface area (Å²) in [7, 11) is 6.18. The number of nitrogens with zero attached hydrogens (tertiary/aromatic N) is 4. The van der Waals surface area contributed by atoms with Gasteiger partial charge >= 0.3 is 13.2 Å². The summed E-state index contributed by atoms with van der Waals surface area (Å²) in [5, 5.41) is 0. The Hall–Kier alpha value is -6.40. The molecule has 0 fully saturated rings. The summed E-state index contributed by atoms with van der Waals surface area (Å²) in [6.07, 6.45) is 4.76. The van der Waals surface area contributed by atoms with Crippen molar-refractivity contribution in [2.75, 3.05) is 41.5 Å². The standard InChI is InChI=1S/C21H19F2N3O3.C17H14BrF2N3O2.C4H6O/c1-26-18(27)21(25-20(26)24,15-8-10-17(11-9-15)29-19(22)23)16-7-3-5-14(13-16)6-4-12-28-2;1-23-14(24)17(22-16(23)21,11-3-2-4-12(18)9-11)10-5-7-13(8-6-10)25-15(19)20;1-3-4-5-2/h3,5,7-11,13,19H,12H2,1-2H3,(H2,24,25);2-9,15H,1H3,(H2,21,22);1H,4H2,2H3. The number of methoxy groups -OCH3 is 2. The number of amides is 2. The van der Waals surface area contributed by atoms with E-state index in [2.05, 4.69) is 57.9 Å². The van der Waals surface area contributed by atoms with Crippen molar-refractivity contribution in [3.05, 3.63) is 129 Å². The molecule has 4 aromatic carbocycles. The van der Waals surface area contributed by atoms with E-state index >= 15 is 0 Å². The van der Waals surface area contributed by atoms with Crippen LogP contribution in [-0.2, 0) is 30.1 Å². The molecule has 59 heavy (non-hydrogen) atoms. The van der Waals surface area contributed by atoms with Gasteiger partial charge in [-0.25, -0.2) is 9.98 Å². The van der Waals surface area contributed by atoms with Crippen molar-refractivity contribution < 1.29 is 46.1 Å². The van der Waals surface area contributed by atoms with Gasteiger partial charge in [-0.15, -0.1) is 6.42 Å². The average Bonchev–Trinajstić information content (AvgIpc) is 3.59. The Morgan fingerprint density at radius 3 is 1.49 bits per heavy atom. The number of rotatable bonds is 10. The van der Waals surface area contributed by atoms with Gasteiger partial charge in [0.05, 0.1) is 0 Å².